The van der Waals surface area contributed by atoms with Crippen LogP contribution in [0.4, 0.5) is 0 Å². The predicted octanol–water partition coefficient (Wildman–Crippen LogP) is 1.28. The van der Waals surface area contributed by atoms with Gasteiger partial charge in [-0.05, 0) is 0 Å². The molecule has 0 spiro atoms. The van der Waals surface area contributed by atoms with Gasteiger partial charge in [0.05, 0.1) is 0 Å². The first kappa shape index (κ1) is 5.17. The van der Waals surface area contributed by atoms with Crippen molar-refractivity contribution in [3.63, 3.8) is 0 Å². The Bertz CT molecular complexity index is 8.00. The van der Waals surface area contributed by atoms with Crippen molar-refractivity contribution >= 4 is 30.6 Å². The average molecular weight is 273 g/mol. The van der Waals surface area contributed by atoms with Crippen molar-refractivity contribution in [2.45, 2.75) is 11.1 Å². The molecule has 0 aromatic carbocycles. The third kappa shape index (κ3) is 3.17. The van der Waals surface area contributed by atoms with Crippen LogP contribution >= 0.6 is 8.51 Å². The molecule has 0 aliphatic rings. The van der Waals surface area contributed by atoms with Crippen molar-refractivity contribution in [2.75, 3.05) is 0 Å². The zero-order valence-electron chi connectivity index (χ0n) is 2.53. The molecule has 25 valence electrons. The monoisotopic (exact) mass is 273 g/mol. The molecule has 0 N–H and O–H groups in total. The molecule has 2 heteroatoms. The molecule has 0 heterocycles. The van der Waals surface area contributed by atoms with Crippen LogP contribution in [0.2, 0.25) is 4.13 Å². The second kappa shape index (κ2) is 4.17. The first-order valence-electron chi connectivity index (χ1n) is 1.19. The third-order valence-corrected chi connectivity index (χ3v) is 3.15. The van der Waals surface area contributed by atoms with Gasteiger partial charge in [-0.25, -0.2) is 0 Å². The third-order valence-electron chi connectivity index (χ3n) is 0.120. The van der Waals surface area contributed by atoms with Crippen molar-refractivity contribution in [1.82, 2.24) is 0 Å². The standard InChI is InChI=1S/C2H5.Bi.ClH/c1-2;;/h1H2,2H3;;1H/q;+1;/p-1. The van der Waals surface area contributed by atoms with Crippen LogP contribution in [0.3, 0.4) is 0 Å². The fourth-order valence-electron chi connectivity index (χ4n) is 0. The minimum atomic E-state index is -0.372. The number of rotatable bonds is 1. The van der Waals surface area contributed by atoms with Gasteiger partial charge in [-0.1, -0.05) is 0 Å². The molecule has 0 unspecified atom stereocenters. The first-order chi connectivity index (χ1) is 1.91. The van der Waals surface area contributed by atoms with Gasteiger partial charge in [0.1, 0.15) is 0 Å². The van der Waals surface area contributed by atoms with E-state index >= 15 is 0 Å². The number of hydrogen-bond acceptors (Lipinski definition) is 0. The first-order valence-corrected chi connectivity index (χ1v) is 7.93. The van der Waals surface area contributed by atoms with Crippen LogP contribution in [0.15, 0.2) is 0 Å². The second-order valence-electron chi connectivity index (χ2n) is 0.436. The molecule has 1 radical (unpaired) electrons. The summed E-state index contributed by atoms with van der Waals surface area (Å²) < 4.78 is 1.27. The average Bonchev–Trinajstić information content (AvgIpc) is 1.37. The topological polar surface area (TPSA) is 0 Å². The molecule has 0 aliphatic heterocycles. The molecule has 0 aromatic heterocycles. The van der Waals surface area contributed by atoms with Gasteiger partial charge in [-0.3, -0.25) is 0 Å². The zero-order valence-corrected chi connectivity index (χ0v) is 6.77. The summed E-state index contributed by atoms with van der Waals surface area (Å²) in [6.45, 7) is 2.13. The van der Waals surface area contributed by atoms with Crippen molar-refractivity contribution in [3.05, 3.63) is 0 Å². The van der Waals surface area contributed by atoms with Crippen LogP contribution in [0.5, 0.6) is 0 Å². The van der Waals surface area contributed by atoms with E-state index in [1.165, 1.54) is 4.13 Å². The van der Waals surface area contributed by atoms with E-state index in [0.29, 0.717) is 0 Å². The van der Waals surface area contributed by atoms with Crippen molar-refractivity contribution in [3.8, 4) is 0 Å². The Kier molecular flexibility index (Phi) is 5.40. The summed E-state index contributed by atoms with van der Waals surface area (Å²) in [4.78, 5) is 0. The van der Waals surface area contributed by atoms with Crippen LogP contribution in [-0.2, 0) is 0 Å². The van der Waals surface area contributed by atoms with Gasteiger partial charge >= 0.3 is 41.6 Å². The molecule has 0 amide bonds. The maximum absolute atomic E-state index is 5.37. The molecular formula is C2H5BiCl. The van der Waals surface area contributed by atoms with Crippen LogP contribution in [-0.4, -0.2) is 22.0 Å². The summed E-state index contributed by atoms with van der Waals surface area (Å²) >= 11 is -0.372. The van der Waals surface area contributed by atoms with E-state index in [1.54, 1.807) is 0 Å². The van der Waals surface area contributed by atoms with Gasteiger partial charge in [-0.15, -0.1) is 0 Å². The quantitative estimate of drug-likeness (QED) is 0.632. The predicted molar refractivity (Wildman–Crippen MR) is 22.1 cm³/mol. The molecule has 0 aliphatic carbocycles. The molecule has 0 atom stereocenters. The molecule has 0 nitrogen and oxygen atoms in total. The van der Waals surface area contributed by atoms with E-state index in [9.17, 15) is 0 Å². The summed E-state index contributed by atoms with van der Waals surface area (Å²) in [7, 11) is 5.37. The fraction of sp³-hybridized carbons (Fsp3) is 1.00. The Balaban J connectivity index is 1.97. The second-order valence-corrected chi connectivity index (χ2v) is 5.92. The minimum absolute atomic E-state index is 0.372. The van der Waals surface area contributed by atoms with Gasteiger partial charge in [0.2, 0.25) is 0 Å². The van der Waals surface area contributed by atoms with Gasteiger partial charge < -0.3 is 0 Å². The van der Waals surface area contributed by atoms with Gasteiger partial charge in [-0.2, -0.15) is 0 Å². The molecule has 4 heavy (non-hydrogen) atoms. The number of hydrogen-bond donors (Lipinski definition) is 0. The molecular weight excluding hydrogens is 268 g/mol. The van der Waals surface area contributed by atoms with Gasteiger partial charge in [0.25, 0.3) is 0 Å². The Morgan fingerprint density at radius 2 is 2.25 bits per heavy atom. The molecule has 0 saturated carbocycles. The Morgan fingerprint density at radius 1 is 2.00 bits per heavy atom. The summed E-state index contributed by atoms with van der Waals surface area (Å²) in [6.07, 6.45) is 0. The van der Waals surface area contributed by atoms with Crippen molar-refractivity contribution < 1.29 is 0 Å². The Morgan fingerprint density at radius 3 is 2.25 bits per heavy atom. The van der Waals surface area contributed by atoms with Crippen molar-refractivity contribution in [1.29, 1.82) is 0 Å². The molecule has 0 aromatic rings. The summed E-state index contributed by atoms with van der Waals surface area (Å²) in [5, 5.41) is 0. The van der Waals surface area contributed by atoms with Gasteiger partial charge in [0.15, 0.2) is 0 Å². The van der Waals surface area contributed by atoms with E-state index < -0.39 is 0 Å². The summed E-state index contributed by atoms with van der Waals surface area (Å²) in [5.41, 5.74) is 0. The zero-order chi connectivity index (χ0) is 3.41. The van der Waals surface area contributed by atoms with E-state index in [1.807, 2.05) is 0 Å². The van der Waals surface area contributed by atoms with Gasteiger partial charge in [0, 0.05) is 0 Å². The van der Waals surface area contributed by atoms with E-state index in [-0.39, 0.29) is 22.0 Å². The molecule has 0 fully saturated rings. The maximum atomic E-state index is 5.37. The summed E-state index contributed by atoms with van der Waals surface area (Å²) in [6, 6.07) is 0. The van der Waals surface area contributed by atoms with Crippen molar-refractivity contribution in [2.24, 2.45) is 0 Å². The van der Waals surface area contributed by atoms with E-state index in [0.717, 1.165) is 0 Å². The normalized spacial score (nSPS) is 7.50. The van der Waals surface area contributed by atoms with E-state index in [2.05, 4.69) is 6.92 Å². The van der Waals surface area contributed by atoms with Crippen LogP contribution < -0.4 is 0 Å². The van der Waals surface area contributed by atoms with Crippen LogP contribution in [0.1, 0.15) is 6.92 Å². The molecule has 0 saturated heterocycles. The molecule has 0 bridgehead atoms. The molecule has 0 rings (SSSR count). The van der Waals surface area contributed by atoms with E-state index in [4.69, 9.17) is 8.51 Å². The summed E-state index contributed by atoms with van der Waals surface area (Å²) in [5.74, 6) is 0. The number of halogens is 1. The SMILES string of the molecule is C[CH2][Bi][Cl]. The Hall–Kier alpha value is 1.17. The Labute approximate surface area is 41.7 Å². The van der Waals surface area contributed by atoms with Crippen LogP contribution in [0.25, 0.3) is 0 Å². The van der Waals surface area contributed by atoms with Crippen LogP contribution in [0, 0.1) is 0 Å². The fourth-order valence-corrected chi connectivity index (χ4v) is 0.